The highest BCUT2D eigenvalue weighted by atomic mass is 79.9. The van der Waals surface area contributed by atoms with E-state index in [9.17, 15) is 4.39 Å². The van der Waals surface area contributed by atoms with E-state index in [0.29, 0.717) is 21.7 Å². The molecular formula is C9H7BrFN5S2. The minimum atomic E-state index is -0.357. The molecule has 0 saturated heterocycles. The van der Waals surface area contributed by atoms with E-state index in [-0.39, 0.29) is 11.6 Å². The SMILES string of the molecule is Nc1nsnc1C(=Nc1ccc(F)c(Br)c1)NS. The lowest BCUT2D eigenvalue weighted by molar-refractivity contribution is 0.621. The van der Waals surface area contributed by atoms with Crippen LogP contribution in [0.5, 0.6) is 0 Å². The number of hydrogen-bond donors (Lipinski definition) is 3. The summed E-state index contributed by atoms with van der Waals surface area (Å²) in [6.07, 6.45) is 0. The third kappa shape index (κ3) is 2.79. The molecule has 0 amide bonds. The van der Waals surface area contributed by atoms with Crippen LogP contribution in [0, 0.1) is 5.82 Å². The molecule has 2 aromatic rings. The van der Waals surface area contributed by atoms with Crippen LogP contribution in [0.2, 0.25) is 0 Å². The zero-order valence-electron chi connectivity index (χ0n) is 8.76. The van der Waals surface area contributed by atoms with Crippen molar-refractivity contribution >= 4 is 57.8 Å². The van der Waals surface area contributed by atoms with Crippen LogP contribution in [0.3, 0.4) is 0 Å². The topological polar surface area (TPSA) is 76.2 Å². The zero-order chi connectivity index (χ0) is 13.1. The van der Waals surface area contributed by atoms with E-state index in [1.165, 1.54) is 18.2 Å². The van der Waals surface area contributed by atoms with Gasteiger partial charge in [0, 0.05) is 0 Å². The van der Waals surface area contributed by atoms with Crippen molar-refractivity contribution in [2.75, 3.05) is 5.73 Å². The second-order valence-electron chi connectivity index (χ2n) is 3.17. The maximum absolute atomic E-state index is 13.1. The van der Waals surface area contributed by atoms with Gasteiger partial charge in [0.25, 0.3) is 0 Å². The van der Waals surface area contributed by atoms with Gasteiger partial charge < -0.3 is 10.5 Å². The highest BCUT2D eigenvalue weighted by Crippen LogP contribution is 2.23. The van der Waals surface area contributed by atoms with Crippen molar-refractivity contribution in [2.45, 2.75) is 0 Å². The summed E-state index contributed by atoms with van der Waals surface area (Å²) in [6.45, 7) is 0. The van der Waals surface area contributed by atoms with Gasteiger partial charge in [-0.1, -0.05) is 12.8 Å². The number of aromatic nitrogens is 2. The van der Waals surface area contributed by atoms with Gasteiger partial charge in [-0.2, -0.15) is 8.75 Å². The molecule has 0 radical (unpaired) electrons. The van der Waals surface area contributed by atoms with Gasteiger partial charge in [0.2, 0.25) is 0 Å². The first-order valence-corrected chi connectivity index (χ1v) is 6.61. The third-order valence-electron chi connectivity index (χ3n) is 1.99. The van der Waals surface area contributed by atoms with Gasteiger partial charge in [0.05, 0.1) is 21.9 Å². The molecule has 0 saturated carbocycles. The molecule has 94 valence electrons. The Labute approximate surface area is 120 Å². The summed E-state index contributed by atoms with van der Waals surface area (Å²) in [6, 6.07) is 4.37. The Kier molecular flexibility index (Phi) is 4.15. The fourth-order valence-corrected chi connectivity index (χ4v) is 2.17. The van der Waals surface area contributed by atoms with E-state index in [0.717, 1.165) is 11.7 Å². The van der Waals surface area contributed by atoms with Gasteiger partial charge in [0.15, 0.2) is 17.3 Å². The second-order valence-corrected chi connectivity index (χ2v) is 4.78. The van der Waals surface area contributed by atoms with Crippen molar-refractivity contribution in [2.24, 2.45) is 4.99 Å². The average Bonchev–Trinajstić information content (AvgIpc) is 2.77. The Balaban J connectivity index is 2.41. The maximum Gasteiger partial charge on any atom is 0.168 e. The summed E-state index contributed by atoms with van der Waals surface area (Å²) in [5.41, 5.74) is 6.58. The molecule has 9 heteroatoms. The minimum Gasteiger partial charge on any atom is -0.381 e. The number of aliphatic imine (C=N–C) groups is 1. The molecule has 18 heavy (non-hydrogen) atoms. The Morgan fingerprint density at radius 2 is 2.28 bits per heavy atom. The molecule has 3 N–H and O–H groups in total. The number of benzene rings is 1. The van der Waals surface area contributed by atoms with Crippen LogP contribution in [0.15, 0.2) is 27.7 Å². The van der Waals surface area contributed by atoms with E-state index in [1.807, 2.05) is 0 Å². The summed E-state index contributed by atoms with van der Waals surface area (Å²) in [5, 5.41) is 0. The van der Waals surface area contributed by atoms with Crippen LogP contribution in [0.4, 0.5) is 15.9 Å². The summed E-state index contributed by atoms with van der Waals surface area (Å²) in [5.74, 6) is 0.258. The van der Waals surface area contributed by atoms with Crippen molar-refractivity contribution in [1.29, 1.82) is 0 Å². The molecule has 0 fully saturated rings. The van der Waals surface area contributed by atoms with E-state index in [2.05, 4.69) is 47.2 Å². The number of rotatable bonds is 2. The minimum absolute atomic E-state index is 0.265. The molecule has 0 unspecified atom stereocenters. The Bertz CT molecular complexity index is 600. The lowest BCUT2D eigenvalue weighted by Gasteiger charge is -2.03. The first-order chi connectivity index (χ1) is 8.61. The monoisotopic (exact) mass is 347 g/mol. The molecule has 0 aliphatic rings. The van der Waals surface area contributed by atoms with E-state index in [1.54, 1.807) is 0 Å². The summed E-state index contributed by atoms with van der Waals surface area (Å²) < 4.78 is 23.8. The smallest absolute Gasteiger partial charge is 0.168 e. The predicted octanol–water partition coefficient (Wildman–Crippen LogP) is 2.53. The average molecular weight is 348 g/mol. The highest BCUT2D eigenvalue weighted by molar-refractivity contribution is 9.10. The fraction of sp³-hybridized carbons (Fsp3) is 0. The number of thiol groups is 1. The van der Waals surface area contributed by atoms with Crippen molar-refractivity contribution in [1.82, 2.24) is 13.5 Å². The van der Waals surface area contributed by atoms with Gasteiger partial charge in [-0.3, -0.25) is 0 Å². The fourth-order valence-electron chi connectivity index (χ4n) is 1.17. The normalized spacial score (nSPS) is 11.6. The summed E-state index contributed by atoms with van der Waals surface area (Å²) in [7, 11) is 0. The maximum atomic E-state index is 13.1. The largest absolute Gasteiger partial charge is 0.381 e. The number of nitrogens with zero attached hydrogens (tertiary/aromatic N) is 3. The van der Waals surface area contributed by atoms with Crippen molar-refractivity contribution in [3.8, 4) is 0 Å². The second kappa shape index (κ2) is 5.63. The number of hydrogen-bond acceptors (Lipinski definition) is 6. The standard InChI is InChI=1S/C9H7BrFN5S2/c10-5-3-4(1-2-6(5)11)13-9(14-17)7-8(12)16-18-15-7/h1-3,17H,(H2,12,16)(H,13,14). The number of nitrogens with one attached hydrogen (secondary N) is 1. The molecular weight excluding hydrogens is 341 g/mol. The van der Waals surface area contributed by atoms with Gasteiger partial charge in [-0.15, -0.1) is 0 Å². The highest BCUT2D eigenvalue weighted by Gasteiger charge is 2.11. The molecule has 0 bridgehead atoms. The Hall–Kier alpha value is -1.19. The molecule has 5 nitrogen and oxygen atoms in total. The predicted molar refractivity (Wildman–Crippen MR) is 76.7 cm³/mol. The molecule has 0 spiro atoms. The van der Waals surface area contributed by atoms with Gasteiger partial charge in [-0.25, -0.2) is 9.38 Å². The van der Waals surface area contributed by atoms with Crippen LogP contribution in [0.1, 0.15) is 5.69 Å². The molecule has 1 aromatic carbocycles. The van der Waals surface area contributed by atoms with Crippen molar-refractivity contribution in [3.63, 3.8) is 0 Å². The van der Waals surface area contributed by atoms with Gasteiger partial charge >= 0.3 is 0 Å². The molecule has 1 heterocycles. The molecule has 0 aliphatic carbocycles. The molecule has 2 rings (SSSR count). The molecule has 0 atom stereocenters. The van der Waals surface area contributed by atoms with E-state index < -0.39 is 0 Å². The Morgan fingerprint density at radius 1 is 1.50 bits per heavy atom. The van der Waals surface area contributed by atoms with Crippen molar-refractivity contribution < 1.29 is 4.39 Å². The summed E-state index contributed by atoms with van der Waals surface area (Å²) in [4.78, 5) is 4.24. The summed E-state index contributed by atoms with van der Waals surface area (Å²) >= 11 is 8.00. The van der Waals surface area contributed by atoms with Crippen molar-refractivity contribution in [3.05, 3.63) is 34.2 Å². The van der Waals surface area contributed by atoms with Crippen LogP contribution < -0.4 is 10.5 Å². The number of anilines is 1. The number of nitrogen functional groups attached to an aromatic ring is 1. The van der Waals surface area contributed by atoms with Gasteiger partial charge in [-0.05, 0) is 34.1 Å². The van der Waals surface area contributed by atoms with Gasteiger partial charge in [0.1, 0.15) is 5.82 Å². The van der Waals surface area contributed by atoms with Crippen LogP contribution >= 0.6 is 40.5 Å². The number of halogens is 2. The quantitative estimate of drug-likeness (QED) is 0.443. The lowest BCUT2D eigenvalue weighted by atomic mass is 10.3. The van der Waals surface area contributed by atoms with E-state index in [4.69, 9.17) is 5.73 Å². The zero-order valence-corrected chi connectivity index (χ0v) is 12.1. The van der Waals surface area contributed by atoms with Crippen LogP contribution in [-0.4, -0.2) is 14.6 Å². The Morgan fingerprint density at radius 3 is 2.83 bits per heavy atom. The third-order valence-corrected chi connectivity index (χ3v) is 3.35. The molecule has 1 aromatic heterocycles. The van der Waals surface area contributed by atoms with Crippen LogP contribution in [-0.2, 0) is 0 Å². The van der Waals surface area contributed by atoms with Crippen LogP contribution in [0.25, 0.3) is 0 Å². The molecule has 0 aliphatic heterocycles. The lowest BCUT2D eigenvalue weighted by Crippen LogP contribution is -2.16. The number of nitrogens with two attached hydrogens (primary N) is 1. The number of amidine groups is 1. The van der Waals surface area contributed by atoms with E-state index >= 15 is 0 Å². The first-order valence-electron chi connectivity index (χ1n) is 4.64. The first kappa shape index (κ1) is 13.2.